The predicted molar refractivity (Wildman–Crippen MR) is 102 cm³/mol. The average Bonchev–Trinajstić information content (AvgIpc) is 2.59. The fraction of sp³-hybridized carbons (Fsp3) is 0.632. The van der Waals surface area contributed by atoms with Crippen molar-refractivity contribution in [1.82, 2.24) is 5.32 Å². The minimum absolute atomic E-state index is 0.0822. The van der Waals surface area contributed by atoms with E-state index in [9.17, 15) is 19.4 Å². The van der Waals surface area contributed by atoms with E-state index in [0.717, 1.165) is 31.2 Å². The number of hydrogen-bond acceptors (Lipinski definition) is 4. The van der Waals surface area contributed by atoms with E-state index in [1.165, 1.54) is 6.42 Å². The van der Waals surface area contributed by atoms with Gasteiger partial charge in [-0.1, -0.05) is 31.4 Å². The summed E-state index contributed by atoms with van der Waals surface area (Å²) in [6.07, 6.45) is 4.86. The molecule has 2 rings (SSSR count). The first-order valence-electron chi connectivity index (χ1n) is 9.32. The molecule has 4 N–H and O–H groups in total. The summed E-state index contributed by atoms with van der Waals surface area (Å²) in [5.74, 6) is -0.657. The molecule has 146 valence electrons. The second kappa shape index (κ2) is 9.65. The Morgan fingerprint density at radius 3 is 2.42 bits per heavy atom. The van der Waals surface area contributed by atoms with Gasteiger partial charge in [-0.2, -0.15) is 0 Å². The van der Waals surface area contributed by atoms with Gasteiger partial charge < -0.3 is 20.4 Å². The Balaban J connectivity index is 1.78. The molecule has 3 atom stereocenters. The summed E-state index contributed by atoms with van der Waals surface area (Å²) in [6, 6.07) is 6.45. The standard InChI is InChI=1S/C19H30NO5P/c1-14(16-7-9-17(10-8-16)19(22)23)20-11-18(21)13-26(24,25)12-15-5-3-2-4-6-15/h7-10,14-15,18,20-21H,2-6,11-13H2,1H3,(H,22,23)(H,24,25)/t14?,18-/m0/s1. The molecule has 1 fully saturated rings. The summed E-state index contributed by atoms with van der Waals surface area (Å²) in [5, 5.41) is 22.2. The maximum absolute atomic E-state index is 12.4. The largest absolute Gasteiger partial charge is 0.478 e. The fourth-order valence-electron chi connectivity index (χ4n) is 3.59. The molecule has 1 aliphatic carbocycles. The number of benzene rings is 1. The predicted octanol–water partition coefficient (Wildman–Crippen LogP) is 3.25. The van der Waals surface area contributed by atoms with Gasteiger partial charge in [0.2, 0.25) is 7.37 Å². The van der Waals surface area contributed by atoms with Crippen molar-refractivity contribution in [2.75, 3.05) is 18.9 Å². The number of carboxylic acid groups (broad SMARTS) is 1. The number of carbonyl (C=O) groups is 1. The van der Waals surface area contributed by atoms with Crippen molar-refractivity contribution in [2.45, 2.75) is 51.2 Å². The van der Waals surface area contributed by atoms with Gasteiger partial charge in [0.15, 0.2) is 0 Å². The second-order valence-electron chi connectivity index (χ2n) is 7.43. The minimum atomic E-state index is -3.32. The zero-order valence-corrected chi connectivity index (χ0v) is 16.2. The normalized spacial score (nSPS) is 20.3. The molecule has 1 aromatic carbocycles. The van der Waals surface area contributed by atoms with Gasteiger partial charge in [0, 0.05) is 18.7 Å². The van der Waals surface area contributed by atoms with Crippen LogP contribution in [0.3, 0.4) is 0 Å². The van der Waals surface area contributed by atoms with E-state index in [4.69, 9.17) is 5.11 Å². The van der Waals surface area contributed by atoms with Crippen LogP contribution in [0.2, 0.25) is 0 Å². The topological polar surface area (TPSA) is 107 Å². The van der Waals surface area contributed by atoms with Crippen LogP contribution in [-0.4, -0.2) is 46.0 Å². The van der Waals surface area contributed by atoms with Crippen LogP contribution in [0.25, 0.3) is 0 Å². The third-order valence-electron chi connectivity index (χ3n) is 5.08. The van der Waals surface area contributed by atoms with Crippen molar-refractivity contribution in [3.63, 3.8) is 0 Å². The highest BCUT2D eigenvalue weighted by Crippen LogP contribution is 2.45. The van der Waals surface area contributed by atoms with Gasteiger partial charge >= 0.3 is 5.97 Å². The lowest BCUT2D eigenvalue weighted by molar-refractivity contribution is 0.0697. The molecule has 1 aliphatic rings. The molecule has 0 heterocycles. The van der Waals surface area contributed by atoms with Gasteiger partial charge in [-0.05, 0) is 43.4 Å². The van der Waals surface area contributed by atoms with Gasteiger partial charge in [-0.15, -0.1) is 0 Å². The van der Waals surface area contributed by atoms with Crippen molar-refractivity contribution < 1.29 is 24.5 Å². The van der Waals surface area contributed by atoms with E-state index in [1.807, 2.05) is 6.92 Å². The Hall–Kier alpha value is -1.20. The molecular weight excluding hydrogens is 353 g/mol. The highest BCUT2D eigenvalue weighted by molar-refractivity contribution is 7.58. The lowest BCUT2D eigenvalue weighted by atomic mass is 9.91. The summed E-state index contributed by atoms with van der Waals surface area (Å²) < 4.78 is 12.4. The molecule has 1 saturated carbocycles. The lowest BCUT2D eigenvalue weighted by Gasteiger charge is -2.25. The maximum atomic E-state index is 12.4. The number of nitrogens with one attached hydrogen (secondary N) is 1. The third-order valence-corrected chi connectivity index (χ3v) is 7.16. The van der Waals surface area contributed by atoms with Crippen molar-refractivity contribution >= 4 is 13.3 Å². The van der Waals surface area contributed by atoms with E-state index in [1.54, 1.807) is 24.3 Å². The van der Waals surface area contributed by atoms with E-state index in [0.29, 0.717) is 12.1 Å². The van der Waals surface area contributed by atoms with Gasteiger partial charge in [0.1, 0.15) is 0 Å². The number of hydrogen-bond donors (Lipinski definition) is 4. The molecule has 0 amide bonds. The molecule has 2 unspecified atom stereocenters. The first-order valence-corrected chi connectivity index (χ1v) is 11.4. The van der Waals surface area contributed by atoms with Gasteiger partial charge in [-0.25, -0.2) is 4.79 Å². The van der Waals surface area contributed by atoms with Crippen LogP contribution in [0, 0.1) is 5.92 Å². The van der Waals surface area contributed by atoms with E-state index in [-0.39, 0.29) is 24.3 Å². The van der Waals surface area contributed by atoms with Crippen LogP contribution >= 0.6 is 7.37 Å². The molecule has 1 aromatic rings. The Labute approximate surface area is 155 Å². The molecule has 0 bridgehead atoms. The van der Waals surface area contributed by atoms with E-state index >= 15 is 0 Å². The average molecular weight is 383 g/mol. The summed E-state index contributed by atoms with van der Waals surface area (Å²) in [5.41, 5.74) is 1.13. The first kappa shape index (κ1) is 21.1. The van der Waals surface area contributed by atoms with Crippen LogP contribution in [0.1, 0.15) is 61.0 Å². The van der Waals surface area contributed by atoms with Crippen molar-refractivity contribution in [3.8, 4) is 0 Å². The lowest BCUT2D eigenvalue weighted by Crippen LogP contribution is -2.32. The zero-order valence-electron chi connectivity index (χ0n) is 15.3. The minimum Gasteiger partial charge on any atom is -0.478 e. The number of carboxylic acids is 1. The van der Waals surface area contributed by atoms with Gasteiger partial charge in [0.05, 0.1) is 17.8 Å². The smallest absolute Gasteiger partial charge is 0.335 e. The number of aromatic carboxylic acids is 1. The summed E-state index contributed by atoms with van der Waals surface area (Å²) in [7, 11) is -3.32. The summed E-state index contributed by atoms with van der Waals surface area (Å²) in [4.78, 5) is 21.1. The Morgan fingerprint density at radius 1 is 1.23 bits per heavy atom. The molecule has 0 spiro atoms. The molecule has 0 saturated heterocycles. The molecule has 26 heavy (non-hydrogen) atoms. The highest BCUT2D eigenvalue weighted by Gasteiger charge is 2.28. The second-order valence-corrected chi connectivity index (χ2v) is 9.85. The maximum Gasteiger partial charge on any atom is 0.335 e. The zero-order chi connectivity index (χ0) is 19.2. The number of aliphatic hydroxyl groups excluding tert-OH is 1. The molecule has 0 aliphatic heterocycles. The molecule has 6 nitrogen and oxygen atoms in total. The first-order chi connectivity index (χ1) is 12.3. The quantitative estimate of drug-likeness (QED) is 0.488. The third kappa shape index (κ3) is 6.84. The van der Waals surface area contributed by atoms with Gasteiger partial charge in [-0.3, -0.25) is 4.57 Å². The van der Waals surface area contributed by atoms with Crippen LogP contribution in [0.4, 0.5) is 0 Å². The number of rotatable bonds is 9. The van der Waals surface area contributed by atoms with Crippen LogP contribution in [0.15, 0.2) is 24.3 Å². The molecule has 0 aromatic heterocycles. The van der Waals surface area contributed by atoms with Crippen molar-refractivity contribution in [1.29, 1.82) is 0 Å². The fourth-order valence-corrected chi connectivity index (χ4v) is 5.70. The van der Waals surface area contributed by atoms with Gasteiger partial charge in [0.25, 0.3) is 0 Å². The van der Waals surface area contributed by atoms with E-state index in [2.05, 4.69) is 5.32 Å². The molecular formula is C19H30NO5P. The van der Waals surface area contributed by atoms with Crippen molar-refractivity contribution in [2.24, 2.45) is 5.92 Å². The Bertz CT molecular complexity index is 627. The van der Waals surface area contributed by atoms with E-state index < -0.39 is 19.4 Å². The summed E-state index contributed by atoms with van der Waals surface area (Å²) >= 11 is 0. The van der Waals surface area contributed by atoms with Crippen molar-refractivity contribution in [3.05, 3.63) is 35.4 Å². The van der Waals surface area contributed by atoms with Crippen LogP contribution in [0.5, 0.6) is 0 Å². The Morgan fingerprint density at radius 2 is 1.85 bits per heavy atom. The highest BCUT2D eigenvalue weighted by atomic mass is 31.2. The number of aliphatic hydroxyl groups is 1. The monoisotopic (exact) mass is 383 g/mol. The van der Waals surface area contributed by atoms with Crippen LogP contribution in [-0.2, 0) is 4.57 Å². The Kier molecular flexibility index (Phi) is 7.84. The molecule has 0 radical (unpaired) electrons. The summed E-state index contributed by atoms with van der Waals surface area (Å²) in [6.45, 7) is 2.13. The SMILES string of the molecule is CC(NC[C@H](O)CP(=O)(O)CC1CCCCC1)c1ccc(C(=O)O)cc1. The molecule has 7 heteroatoms. The van der Waals surface area contributed by atoms with Crippen LogP contribution < -0.4 is 5.32 Å².